The average molecular weight is 295 g/mol. The Balaban J connectivity index is 2.20. The minimum atomic E-state index is -0.396. The van der Waals surface area contributed by atoms with Crippen LogP contribution < -0.4 is 4.74 Å². The second-order valence-electron chi connectivity index (χ2n) is 4.61. The normalized spacial score (nSPS) is 12.2. The summed E-state index contributed by atoms with van der Waals surface area (Å²) >= 11 is 5.96. The third-order valence-electron chi connectivity index (χ3n) is 3.24. The number of ether oxygens (including phenoxy) is 1. The molecule has 1 atom stereocenters. The fraction of sp³-hybridized carbons (Fsp3) is 0.250. The van der Waals surface area contributed by atoms with Crippen molar-refractivity contribution >= 4 is 11.6 Å². The molecule has 0 aliphatic heterocycles. The van der Waals surface area contributed by atoms with Crippen molar-refractivity contribution in [2.45, 2.75) is 12.3 Å². The Morgan fingerprint density at radius 2 is 2.05 bits per heavy atom. The van der Waals surface area contributed by atoms with Crippen molar-refractivity contribution in [2.75, 3.05) is 13.7 Å². The molecule has 2 aromatic carbocycles. The highest BCUT2D eigenvalue weighted by Crippen LogP contribution is 2.25. The fourth-order valence-electron chi connectivity index (χ4n) is 2.17. The maximum atomic E-state index is 13.7. The summed E-state index contributed by atoms with van der Waals surface area (Å²) in [5.41, 5.74) is 1.75. The number of methoxy groups -OCH3 is 1. The summed E-state index contributed by atoms with van der Waals surface area (Å²) in [6.07, 6.45) is 0.539. The summed E-state index contributed by atoms with van der Waals surface area (Å²) in [5.74, 6) is -0.286. The van der Waals surface area contributed by atoms with Crippen LogP contribution in [0.2, 0.25) is 5.02 Å². The van der Waals surface area contributed by atoms with Crippen molar-refractivity contribution in [3.05, 3.63) is 64.4 Å². The van der Waals surface area contributed by atoms with Crippen LogP contribution in [-0.2, 0) is 6.42 Å². The van der Waals surface area contributed by atoms with Crippen molar-refractivity contribution in [2.24, 2.45) is 0 Å². The van der Waals surface area contributed by atoms with Gasteiger partial charge in [0.05, 0.1) is 13.7 Å². The zero-order chi connectivity index (χ0) is 14.5. The fourth-order valence-corrected chi connectivity index (χ4v) is 2.37. The molecule has 0 fully saturated rings. The standard InChI is InChI=1S/C16H16ClFO2/c1-20-16-6-5-11(8-15(16)18)7-13(10-19)12-3-2-4-14(17)9-12/h2-6,8-9,13,19H,7,10H2,1H3. The van der Waals surface area contributed by atoms with Gasteiger partial charge in [0.2, 0.25) is 0 Å². The van der Waals surface area contributed by atoms with Gasteiger partial charge in [-0.15, -0.1) is 0 Å². The molecule has 1 unspecified atom stereocenters. The maximum absolute atomic E-state index is 13.7. The second-order valence-corrected chi connectivity index (χ2v) is 5.04. The van der Waals surface area contributed by atoms with Crippen molar-refractivity contribution < 1.29 is 14.2 Å². The lowest BCUT2D eigenvalue weighted by atomic mass is 9.92. The van der Waals surface area contributed by atoms with Gasteiger partial charge >= 0.3 is 0 Å². The molecule has 4 heteroatoms. The smallest absolute Gasteiger partial charge is 0.165 e. The molecule has 20 heavy (non-hydrogen) atoms. The lowest BCUT2D eigenvalue weighted by Gasteiger charge is -2.15. The zero-order valence-corrected chi connectivity index (χ0v) is 11.9. The first-order valence-corrected chi connectivity index (χ1v) is 6.70. The molecule has 0 saturated carbocycles. The van der Waals surface area contributed by atoms with E-state index >= 15 is 0 Å². The SMILES string of the molecule is COc1ccc(CC(CO)c2cccc(Cl)c2)cc1F. The Bertz CT molecular complexity index is 586. The lowest BCUT2D eigenvalue weighted by molar-refractivity contribution is 0.264. The number of hydrogen-bond donors (Lipinski definition) is 1. The van der Waals surface area contributed by atoms with Crippen LogP contribution in [0.25, 0.3) is 0 Å². The van der Waals surface area contributed by atoms with E-state index in [9.17, 15) is 9.50 Å². The lowest BCUT2D eigenvalue weighted by Crippen LogP contribution is -2.08. The molecule has 0 bridgehead atoms. The minimum Gasteiger partial charge on any atom is -0.494 e. The summed E-state index contributed by atoms with van der Waals surface area (Å²) in [5, 5.41) is 10.2. The van der Waals surface area contributed by atoms with Gasteiger partial charge in [0.1, 0.15) is 0 Å². The molecule has 2 rings (SSSR count). The molecule has 0 radical (unpaired) electrons. The van der Waals surface area contributed by atoms with E-state index < -0.39 is 5.82 Å². The molecular formula is C16H16ClFO2. The molecule has 0 aliphatic carbocycles. The quantitative estimate of drug-likeness (QED) is 0.909. The van der Waals surface area contributed by atoms with E-state index in [2.05, 4.69) is 0 Å². The van der Waals surface area contributed by atoms with Crippen molar-refractivity contribution in [1.82, 2.24) is 0 Å². The van der Waals surface area contributed by atoms with Crippen molar-refractivity contribution in [3.8, 4) is 5.75 Å². The van der Waals surface area contributed by atoms with Gasteiger partial charge in [-0.1, -0.05) is 29.8 Å². The Kier molecular flexibility index (Phi) is 4.99. The molecule has 106 valence electrons. The van der Waals surface area contributed by atoms with E-state index in [1.807, 2.05) is 18.2 Å². The molecule has 2 nitrogen and oxygen atoms in total. The van der Waals surface area contributed by atoms with E-state index in [1.54, 1.807) is 18.2 Å². The van der Waals surface area contributed by atoms with E-state index in [0.29, 0.717) is 11.4 Å². The van der Waals surface area contributed by atoms with Crippen LogP contribution in [0, 0.1) is 5.82 Å². The van der Waals surface area contributed by atoms with Gasteiger partial charge in [0.25, 0.3) is 0 Å². The van der Waals surface area contributed by atoms with Gasteiger partial charge in [0, 0.05) is 10.9 Å². The molecule has 0 spiro atoms. The largest absolute Gasteiger partial charge is 0.494 e. The average Bonchev–Trinajstić information content (AvgIpc) is 2.45. The predicted molar refractivity (Wildman–Crippen MR) is 77.9 cm³/mol. The summed E-state index contributed by atoms with van der Waals surface area (Å²) in [4.78, 5) is 0. The Labute approximate surface area is 122 Å². The van der Waals surface area contributed by atoms with Gasteiger partial charge in [-0.25, -0.2) is 4.39 Å². The van der Waals surface area contributed by atoms with Crippen LogP contribution in [0.5, 0.6) is 5.75 Å². The number of aliphatic hydroxyl groups excluding tert-OH is 1. The third-order valence-corrected chi connectivity index (χ3v) is 3.47. The van der Waals surface area contributed by atoms with E-state index in [1.165, 1.54) is 13.2 Å². The minimum absolute atomic E-state index is 0.0199. The van der Waals surface area contributed by atoms with Gasteiger partial charge in [0.15, 0.2) is 11.6 Å². The molecule has 0 heterocycles. The van der Waals surface area contributed by atoms with Crippen LogP contribution in [0.3, 0.4) is 0 Å². The number of aliphatic hydroxyl groups is 1. The summed E-state index contributed by atoms with van der Waals surface area (Å²) in [7, 11) is 1.43. The van der Waals surface area contributed by atoms with Gasteiger partial charge < -0.3 is 9.84 Å². The molecule has 0 aliphatic rings. The maximum Gasteiger partial charge on any atom is 0.165 e. The number of hydrogen-bond acceptors (Lipinski definition) is 2. The van der Waals surface area contributed by atoms with Crippen LogP contribution >= 0.6 is 11.6 Å². The summed E-state index contributed by atoms with van der Waals surface area (Å²) < 4.78 is 18.6. The summed E-state index contributed by atoms with van der Waals surface area (Å²) in [6.45, 7) is -0.0199. The number of halogens is 2. The first-order valence-electron chi connectivity index (χ1n) is 6.32. The molecule has 1 N–H and O–H groups in total. The highest BCUT2D eigenvalue weighted by Gasteiger charge is 2.13. The molecule has 0 saturated heterocycles. The van der Waals surface area contributed by atoms with Crippen LogP contribution in [0.4, 0.5) is 4.39 Å². The molecule has 2 aromatic rings. The Morgan fingerprint density at radius 3 is 2.65 bits per heavy atom. The van der Waals surface area contributed by atoms with Crippen LogP contribution in [0.15, 0.2) is 42.5 Å². The van der Waals surface area contributed by atoms with Gasteiger partial charge in [-0.3, -0.25) is 0 Å². The highest BCUT2D eigenvalue weighted by atomic mass is 35.5. The van der Waals surface area contributed by atoms with Gasteiger partial charge in [-0.05, 0) is 41.8 Å². The van der Waals surface area contributed by atoms with Gasteiger partial charge in [-0.2, -0.15) is 0 Å². The van der Waals surface area contributed by atoms with Crippen LogP contribution in [0.1, 0.15) is 17.0 Å². The highest BCUT2D eigenvalue weighted by molar-refractivity contribution is 6.30. The third kappa shape index (κ3) is 3.50. The van der Waals surface area contributed by atoms with Crippen LogP contribution in [-0.4, -0.2) is 18.8 Å². The van der Waals surface area contributed by atoms with E-state index in [0.717, 1.165) is 11.1 Å². The number of benzene rings is 2. The first-order chi connectivity index (χ1) is 9.63. The van der Waals surface area contributed by atoms with E-state index in [-0.39, 0.29) is 18.3 Å². The monoisotopic (exact) mass is 294 g/mol. The Morgan fingerprint density at radius 1 is 1.25 bits per heavy atom. The second kappa shape index (κ2) is 6.73. The molecular weight excluding hydrogens is 279 g/mol. The summed E-state index contributed by atoms with van der Waals surface area (Å²) in [6, 6.07) is 12.2. The molecule has 0 amide bonds. The van der Waals surface area contributed by atoms with Crippen molar-refractivity contribution in [1.29, 1.82) is 0 Å². The van der Waals surface area contributed by atoms with E-state index in [4.69, 9.17) is 16.3 Å². The predicted octanol–water partition coefficient (Wildman–Crippen LogP) is 3.81. The topological polar surface area (TPSA) is 29.5 Å². The Hall–Kier alpha value is -1.58. The zero-order valence-electron chi connectivity index (χ0n) is 11.1. The first kappa shape index (κ1) is 14.8. The number of rotatable bonds is 5. The molecule has 0 aromatic heterocycles. The van der Waals surface area contributed by atoms with Crippen molar-refractivity contribution in [3.63, 3.8) is 0 Å².